The number of benzene rings is 1. The average molecular weight is 327 g/mol. The maximum absolute atomic E-state index is 9.98. The third-order valence-electron chi connectivity index (χ3n) is 3.88. The SMILES string of the molecule is CC(C)OC[C@@H](O)CN1CCN(Cc2ccc(Cl)cc2)CC1. The van der Waals surface area contributed by atoms with Gasteiger partial charge >= 0.3 is 0 Å². The lowest BCUT2D eigenvalue weighted by molar-refractivity contribution is -0.0148. The van der Waals surface area contributed by atoms with Crippen LogP contribution in [0.5, 0.6) is 0 Å². The smallest absolute Gasteiger partial charge is 0.0900 e. The van der Waals surface area contributed by atoms with Crippen molar-refractivity contribution in [2.75, 3.05) is 39.3 Å². The molecule has 2 rings (SSSR count). The first-order valence-electron chi connectivity index (χ1n) is 8.02. The molecule has 1 atom stereocenters. The Hall–Kier alpha value is -0.650. The van der Waals surface area contributed by atoms with Crippen molar-refractivity contribution < 1.29 is 9.84 Å². The van der Waals surface area contributed by atoms with Crippen molar-refractivity contribution in [2.45, 2.75) is 32.6 Å². The van der Waals surface area contributed by atoms with Crippen molar-refractivity contribution >= 4 is 11.6 Å². The van der Waals surface area contributed by atoms with E-state index in [4.69, 9.17) is 16.3 Å². The summed E-state index contributed by atoms with van der Waals surface area (Å²) in [5.41, 5.74) is 1.29. The summed E-state index contributed by atoms with van der Waals surface area (Å²) < 4.78 is 5.46. The molecule has 0 radical (unpaired) electrons. The van der Waals surface area contributed by atoms with Crippen LogP contribution in [0, 0.1) is 0 Å². The van der Waals surface area contributed by atoms with Crippen LogP contribution in [0.25, 0.3) is 0 Å². The fourth-order valence-electron chi connectivity index (χ4n) is 2.63. The second-order valence-corrected chi connectivity index (χ2v) is 6.68. The van der Waals surface area contributed by atoms with Gasteiger partial charge in [0.25, 0.3) is 0 Å². The third kappa shape index (κ3) is 6.23. The molecule has 0 aliphatic carbocycles. The zero-order valence-electron chi connectivity index (χ0n) is 13.5. The van der Waals surface area contributed by atoms with Gasteiger partial charge in [0.15, 0.2) is 0 Å². The Labute approximate surface area is 138 Å². The van der Waals surface area contributed by atoms with E-state index in [0.29, 0.717) is 13.2 Å². The Morgan fingerprint density at radius 3 is 2.27 bits per heavy atom. The second-order valence-electron chi connectivity index (χ2n) is 6.24. The van der Waals surface area contributed by atoms with Crippen molar-refractivity contribution in [1.82, 2.24) is 9.80 Å². The third-order valence-corrected chi connectivity index (χ3v) is 4.13. The Bertz CT molecular complexity index is 431. The molecule has 1 heterocycles. The topological polar surface area (TPSA) is 35.9 Å². The van der Waals surface area contributed by atoms with Gasteiger partial charge < -0.3 is 9.84 Å². The number of rotatable bonds is 7. The minimum absolute atomic E-state index is 0.172. The van der Waals surface area contributed by atoms with Crippen LogP contribution in [0.1, 0.15) is 19.4 Å². The summed E-state index contributed by atoms with van der Waals surface area (Å²) in [7, 11) is 0. The van der Waals surface area contributed by atoms with Gasteiger partial charge in [-0.25, -0.2) is 0 Å². The monoisotopic (exact) mass is 326 g/mol. The number of piperazine rings is 1. The van der Waals surface area contributed by atoms with Crippen LogP contribution >= 0.6 is 11.6 Å². The van der Waals surface area contributed by atoms with Crippen LogP contribution < -0.4 is 0 Å². The van der Waals surface area contributed by atoms with Crippen molar-refractivity contribution in [3.63, 3.8) is 0 Å². The predicted octanol–water partition coefficient (Wildman–Crippen LogP) is 2.24. The van der Waals surface area contributed by atoms with E-state index in [2.05, 4.69) is 21.9 Å². The van der Waals surface area contributed by atoms with Crippen LogP contribution in [0.2, 0.25) is 5.02 Å². The number of ether oxygens (including phenoxy) is 1. The normalized spacial score (nSPS) is 18.8. The molecule has 0 aromatic heterocycles. The molecule has 1 fully saturated rings. The molecule has 1 aromatic carbocycles. The van der Waals surface area contributed by atoms with Gasteiger partial charge in [-0.15, -0.1) is 0 Å². The fraction of sp³-hybridized carbons (Fsp3) is 0.647. The molecule has 1 N–H and O–H groups in total. The van der Waals surface area contributed by atoms with Gasteiger partial charge in [-0.2, -0.15) is 0 Å². The van der Waals surface area contributed by atoms with E-state index < -0.39 is 6.10 Å². The summed E-state index contributed by atoms with van der Waals surface area (Å²) in [5.74, 6) is 0. The first kappa shape index (κ1) is 17.7. The highest BCUT2D eigenvalue weighted by Gasteiger charge is 2.19. The molecule has 1 aliphatic rings. The van der Waals surface area contributed by atoms with Gasteiger partial charge in [-0.05, 0) is 31.5 Å². The highest BCUT2D eigenvalue weighted by atomic mass is 35.5. The Kier molecular flexibility index (Phi) is 7.12. The van der Waals surface area contributed by atoms with E-state index in [1.165, 1.54) is 5.56 Å². The van der Waals surface area contributed by atoms with Crippen molar-refractivity contribution in [2.24, 2.45) is 0 Å². The summed E-state index contributed by atoms with van der Waals surface area (Å²) in [6.45, 7) is 10.1. The summed E-state index contributed by atoms with van der Waals surface area (Å²) in [6, 6.07) is 8.06. The van der Waals surface area contributed by atoms with Crippen molar-refractivity contribution in [3.8, 4) is 0 Å². The van der Waals surface area contributed by atoms with Gasteiger partial charge in [-0.3, -0.25) is 9.80 Å². The lowest BCUT2D eigenvalue weighted by Gasteiger charge is -2.35. The fourth-order valence-corrected chi connectivity index (χ4v) is 2.76. The van der Waals surface area contributed by atoms with Crippen LogP contribution in [-0.4, -0.2) is 66.4 Å². The van der Waals surface area contributed by atoms with Gasteiger partial charge in [0, 0.05) is 44.3 Å². The van der Waals surface area contributed by atoms with Crippen LogP contribution in [0.4, 0.5) is 0 Å². The van der Waals surface area contributed by atoms with Gasteiger partial charge in [0.05, 0.1) is 18.8 Å². The van der Waals surface area contributed by atoms with E-state index in [0.717, 1.165) is 37.7 Å². The molecule has 1 saturated heterocycles. The largest absolute Gasteiger partial charge is 0.389 e. The van der Waals surface area contributed by atoms with Gasteiger partial charge in [0.1, 0.15) is 0 Å². The lowest BCUT2D eigenvalue weighted by atomic mass is 10.2. The summed E-state index contributed by atoms with van der Waals surface area (Å²) in [4.78, 5) is 4.75. The molecular formula is C17H27ClN2O2. The molecule has 0 saturated carbocycles. The van der Waals surface area contributed by atoms with Crippen LogP contribution in [0.3, 0.4) is 0 Å². The predicted molar refractivity (Wildman–Crippen MR) is 90.3 cm³/mol. The summed E-state index contributed by atoms with van der Waals surface area (Å²) >= 11 is 5.91. The number of β-amino-alcohol motifs (C(OH)–C–C–N with tert-alkyl or cyclic N) is 1. The molecule has 0 spiro atoms. The Balaban J connectivity index is 1.68. The van der Waals surface area contributed by atoms with Crippen LogP contribution in [-0.2, 0) is 11.3 Å². The van der Waals surface area contributed by atoms with Gasteiger partial charge in [0.2, 0.25) is 0 Å². The van der Waals surface area contributed by atoms with Crippen molar-refractivity contribution in [3.05, 3.63) is 34.9 Å². The number of hydrogen-bond acceptors (Lipinski definition) is 4. The van der Waals surface area contributed by atoms with E-state index in [1.807, 2.05) is 26.0 Å². The summed E-state index contributed by atoms with van der Waals surface area (Å²) in [6.07, 6.45) is -0.226. The molecule has 1 aliphatic heterocycles. The molecule has 5 heteroatoms. The second kappa shape index (κ2) is 8.85. The maximum Gasteiger partial charge on any atom is 0.0900 e. The minimum Gasteiger partial charge on any atom is -0.389 e. The average Bonchev–Trinajstić information content (AvgIpc) is 2.49. The van der Waals surface area contributed by atoms with Crippen LogP contribution in [0.15, 0.2) is 24.3 Å². The standard InChI is InChI=1S/C17H27ClN2O2/c1-14(2)22-13-17(21)12-20-9-7-19(8-10-20)11-15-3-5-16(18)6-4-15/h3-6,14,17,21H,7-13H2,1-2H3/t17-/m0/s1. The summed E-state index contributed by atoms with van der Waals surface area (Å²) in [5, 5.41) is 10.8. The number of aliphatic hydroxyl groups is 1. The van der Waals surface area contributed by atoms with Crippen molar-refractivity contribution in [1.29, 1.82) is 0 Å². The number of nitrogens with zero attached hydrogens (tertiary/aromatic N) is 2. The molecule has 0 amide bonds. The zero-order chi connectivity index (χ0) is 15.9. The van der Waals surface area contributed by atoms with Gasteiger partial charge in [-0.1, -0.05) is 23.7 Å². The van der Waals surface area contributed by atoms with E-state index in [9.17, 15) is 5.11 Å². The Morgan fingerprint density at radius 2 is 1.68 bits per heavy atom. The molecule has 0 bridgehead atoms. The molecule has 0 unspecified atom stereocenters. The zero-order valence-corrected chi connectivity index (χ0v) is 14.3. The number of aliphatic hydroxyl groups excluding tert-OH is 1. The first-order chi connectivity index (χ1) is 10.5. The lowest BCUT2D eigenvalue weighted by Crippen LogP contribution is -2.48. The molecular weight excluding hydrogens is 300 g/mol. The van der Waals surface area contributed by atoms with E-state index in [1.54, 1.807) is 0 Å². The molecule has 4 nitrogen and oxygen atoms in total. The molecule has 22 heavy (non-hydrogen) atoms. The minimum atomic E-state index is -0.398. The number of halogens is 1. The number of hydrogen-bond donors (Lipinski definition) is 1. The highest BCUT2D eigenvalue weighted by molar-refractivity contribution is 6.30. The first-order valence-corrected chi connectivity index (χ1v) is 8.39. The Morgan fingerprint density at radius 1 is 1.09 bits per heavy atom. The molecule has 1 aromatic rings. The van der Waals surface area contributed by atoms with E-state index >= 15 is 0 Å². The van der Waals surface area contributed by atoms with E-state index in [-0.39, 0.29) is 6.10 Å². The quantitative estimate of drug-likeness (QED) is 0.833. The molecule has 124 valence electrons. The maximum atomic E-state index is 9.98. The highest BCUT2D eigenvalue weighted by Crippen LogP contribution is 2.13.